The van der Waals surface area contributed by atoms with Gasteiger partial charge in [-0.15, -0.1) is 0 Å². The van der Waals surface area contributed by atoms with Crippen LogP contribution >= 0.6 is 0 Å². The van der Waals surface area contributed by atoms with E-state index < -0.39 is 5.63 Å². The molecule has 3 aromatic carbocycles. The third kappa shape index (κ3) is 4.10. The van der Waals surface area contributed by atoms with Crippen LogP contribution in [0.1, 0.15) is 22.8 Å². The molecular formula is C26H24O8. The van der Waals surface area contributed by atoms with Gasteiger partial charge in [0.25, 0.3) is 0 Å². The van der Waals surface area contributed by atoms with Crippen molar-refractivity contribution in [2.24, 2.45) is 0 Å². The third-order valence-corrected chi connectivity index (χ3v) is 5.52. The fourth-order valence-electron chi connectivity index (χ4n) is 3.81. The van der Waals surface area contributed by atoms with Crippen molar-refractivity contribution in [1.82, 2.24) is 0 Å². The Bertz CT molecular complexity index is 1430. The molecule has 0 amide bonds. The minimum atomic E-state index is -0.536. The number of rotatable bonds is 8. The summed E-state index contributed by atoms with van der Waals surface area (Å²) in [6.45, 7) is 1.61. The number of benzene rings is 3. The summed E-state index contributed by atoms with van der Waals surface area (Å²) in [5, 5.41) is 1.65. The van der Waals surface area contributed by atoms with Gasteiger partial charge in [-0.25, -0.2) is 4.79 Å². The van der Waals surface area contributed by atoms with Crippen molar-refractivity contribution in [3.8, 4) is 28.7 Å². The molecule has 8 nitrogen and oxygen atoms in total. The second-order valence-corrected chi connectivity index (χ2v) is 7.53. The molecule has 0 bridgehead atoms. The molecule has 0 radical (unpaired) electrons. The number of hydrogen-bond acceptors (Lipinski definition) is 8. The molecule has 0 saturated carbocycles. The molecule has 0 aliphatic carbocycles. The molecule has 34 heavy (non-hydrogen) atoms. The fraction of sp³-hybridized carbons (Fsp3) is 0.231. The van der Waals surface area contributed by atoms with Crippen LogP contribution in [0.3, 0.4) is 0 Å². The van der Waals surface area contributed by atoms with Gasteiger partial charge >= 0.3 is 5.63 Å². The van der Waals surface area contributed by atoms with Gasteiger partial charge in [0.1, 0.15) is 12.2 Å². The number of carbonyl (C=O) groups is 1. The van der Waals surface area contributed by atoms with Gasteiger partial charge in [-0.3, -0.25) is 4.79 Å². The predicted molar refractivity (Wildman–Crippen MR) is 127 cm³/mol. The van der Waals surface area contributed by atoms with Crippen LogP contribution in [-0.4, -0.2) is 34.2 Å². The van der Waals surface area contributed by atoms with Crippen LogP contribution in [-0.2, 0) is 6.61 Å². The zero-order chi connectivity index (χ0) is 24.4. The van der Waals surface area contributed by atoms with Crippen molar-refractivity contribution in [1.29, 1.82) is 0 Å². The third-order valence-electron chi connectivity index (χ3n) is 5.52. The number of carbonyl (C=O) groups excluding carboxylic acids is 1. The highest BCUT2D eigenvalue weighted by atomic mass is 16.5. The molecule has 8 heteroatoms. The lowest BCUT2D eigenvalue weighted by Crippen LogP contribution is -2.04. The molecule has 1 aromatic heterocycles. The Kier molecular flexibility index (Phi) is 6.32. The van der Waals surface area contributed by atoms with E-state index in [4.69, 9.17) is 28.1 Å². The number of ether oxygens (including phenoxy) is 5. The molecule has 0 aliphatic rings. The summed E-state index contributed by atoms with van der Waals surface area (Å²) in [5.41, 5.74) is 1.02. The standard InChI is InChI=1S/C26H24O8/c1-14(27)16-6-7-17-18-11-21(29-2)22(12-20(18)34-26(28)19(17)10-16)33-13-15-8-23(30-3)25(32-5)24(9-15)31-4/h6-12H,13H2,1-5H3. The summed E-state index contributed by atoms with van der Waals surface area (Å²) in [5.74, 6) is 2.23. The Morgan fingerprint density at radius 1 is 0.765 bits per heavy atom. The molecule has 0 N–H and O–H groups in total. The predicted octanol–water partition coefficient (Wildman–Crippen LogP) is 4.76. The maximum absolute atomic E-state index is 12.6. The van der Waals surface area contributed by atoms with Gasteiger partial charge in [-0.2, -0.15) is 0 Å². The van der Waals surface area contributed by atoms with Crippen molar-refractivity contribution in [3.63, 3.8) is 0 Å². The molecule has 4 aromatic rings. The molecule has 0 atom stereocenters. The average molecular weight is 464 g/mol. The number of fused-ring (bicyclic) bond motifs is 3. The zero-order valence-electron chi connectivity index (χ0n) is 19.5. The van der Waals surface area contributed by atoms with Gasteiger partial charge in [0.15, 0.2) is 28.8 Å². The lowest BCUT2D eigenvalue weighted by Gasteiger charge is -2.16. The summed E-state index contributed by atoms with van der Waals surface area (Å²) < 4.78 is 33.2. The Morgan fingerprint density at radius 3 is 2.03 bits per heavy atom. The molecule has 0 aliphatic heterocycles. The molecule has 4 rings (SSSR count). The Balaban J connectivity index is 1.75. The summed E-state index contributed by atoms with van der Waals surface area (Å²) in [6, 6.07) is 11.9. The number of ketones is 1. The van der Waals surface area contributed by atoms with Crippen molar-refractivity contribution in [2.45, 2.75) is 13.5 Å². The van der Waals surface area contributed by atoms with Crippen LogP contribution in [0.25, 0.3) is 21.7 Å². The monoisotopic (exact) mass is 464 g/mol. The summed E-state index contributed by atoms with van der Waals surface area (Å²) >= 11 is 0. The van der Waals surface area contributed by atoms with Gasteiger partial charge in [0.05, 0.1) is 33.8 Å². The van der Waals surface area contributed by atoms with E-state index in [-0.39, 0.29) is 12.4 Å². The van der Waals surface area contributed by atoms with E-state index in [1.807, 2.05) is 0 Å². The number of methoxy groups -OCH3 is 4. The van der Waals surface area contributed by atoms with E-state index in [0.717, 1.165) is 5.56 Å². The largest absolute Gasteiger partial charge is 0.493 e. The SMILES string of the molecule is COc1cc2c(cc1OCc1cc(OC)c(OC)c(OC)c1)oc(=O)c1cc(C(C)=O)ccc12. The van der Waals surface area contributed by atoms with E-state index in [1.54, 1.807) is 56.7 Å². The first kappa shape index (κ1) is 23.0. The fourth-order valence-corrected chi connectivity index (χ4v) is 3.81. The van der Waals surface area contributed by atoms with Gasteiger partial charge in [-0.1, -0.05) is 12.1 Å². The van der Waals surface area contributed by atoms with E-state index >= 15 is 0 Å². The van der Waals surface area contributed by atoms with Gasteiger partial charge in [0, 0.05) is 22.4 Å². The molecule has 1 heterocycles. The van der Waals surface area contributed by atoms with Gasteiger partial charge in [0.2, 0.25) is 5.75 Å². The second kappa shape index (κ2) is 9.35. The first-order valence-electron chi connectivity index (χ1n) is 10.4. The van der Waals surface area contributed by atoms with E-state index in [2.05, 4.69) is 0 Å². The van der Waals surface area contributed by atoms with Crippen LogP contribution in [0, 0.1) is 0 Å². The van der Waals surface area contributed by atoms with Crippen molar-refractivity contribution in [2.75, 3.05) is 28.4 Å². The topological polar surface area (TPSA) is 93.4 Å². The Labute approximate surface area is 195 Å². The molecule has 0 fully saturated rings. The van der Waals surface area contributed by atoms with Gasteiger partial charge in [-0.05, 0) is 36.8 Å². The van der Waals surface area contributed by atoms with Crippen LogP contribution in [0.5, 0.6) is 28.7 Å². The Hall–Kier alpha value is -4.20. The highest BCUT2D eigenvalue weighted by Crippen LogP contribution is 2.39. The van der Waals surface area contributed by atoms with Crippen molar-refractivity contribution in [3.05, 3.63) is 64.0 Å². The normalized spacial score (nSPS) is 10.9. The van der Waals surface area contributed by atoms with Crippen LogP contribution in [0.15, 0.2) is 51.7 Å². The minimum absolute atomic E-state index is 0.130. The quantitative estimate of drug-likeness (QED) is 0.209. The first-order valence-corrected chi connectivity index (χ1v) is 10.4. The second-order valence-electron chi connectivity index (χ2n) is 7.53. The summed E-state index contributed by atoms with van der Waals surface area (Å²) in [7, 11) is 6.15. The van der Waals surface area contributed by atoms with Crippen LogP contribution < -0.4 is 29.3 Å². The lowest BCUT2D eigenvalue weighted by atomic mass is 10.0. The van der Waals surface area contributed by atoms with E-state index in [1.165, 1.54) is 21.1 Å². The average Bonchev–Trinajstić information content (AvgIpc) is 2.85. The molecule has 0 saturated heterocycles. The molecule has 176 valence electrons. The highest BCUT2D eigenvalue weighted by molar-refractivity contribution is 6.07. The van der Waals surface area contributed by atoms with Crippen molar-refractivity contribution >= 4 is 27.5 Å². The first-order chi connectivity index (χ1) is 16.4. The van der Waals surface area contributed by atoms with E-state index in [0.29, 0.717) is 56.1 Å². The van der Waals surface area contributed by atoms with Crippen molar-refractivity contribution < 1.29 is 32.9 Å². The maximum atomic E-state index is 12.6. The number of Topliss-reactive ketones (excluding diaryl/α,β-unsaturated/α-hetero) is 1. The summed E-state index contributed by atoms with van der Waals surface area (Å²) in [4.78, 5) is 24.3. The summed E-state index contributed by atoms with van der Waals surface area (Å²) in [6.07, 6.45) is 0. The van der Waals surface area contributed by atoms with Crippen LogP contribution in [0.2, 0.25) is 0 Å². The smallest absolute Gasteiger partial charge is 0.344 e. The minimum Gasteiger partial charge on any atom is -0.493 e. The van der Waals surface area contributed by atoms with Crippen LogP contribution in [0.4, 0.5) is 0 Å². The molecule has 0 unspecified atom stereocenters. The van der Waals surface area contributed by atoms with E-state index in [9.17, 15) is 9.59 Å². The molecule has 0 spiro atoms. The maximum Gasteiger partial charge on any atom is 0.344 e. The Morgan fingerprint density at radius 2 is 1.44 bits per heavy atom. The van der Waals surface area contributed by atoms with Gasteiger partial charge < -0.3 is 28.1 Å². The highest BCUT2D eigenvalue weighted by Gasteiger charge is 2.17. The zero-order valence-corrected chi connectivity index (χ0v) is 19.5. The lowest BCUT2D eigenvalue weighted by molar-refractivity contribution is 0.101. The number of hydrogen-bond donors (Lipinski definition) is 0. The molecular weight excluding hydrogens is 440 g/mol.